The van der Waals surface area contributed by atoms with Gasteiger partial charge in [-0.2, -0.15) is 0 Å². The Hall–Kier alpha value is -4.13. The van der Waals surface area contributed by atoms with Crippen molar-refractivity contribution in [2.24, 2.45) is 0 Å². The van der Waals surface area contributed by atoms with Crippen molar-refractivity contribution in [2.75, 3.05) is 5.32 Å². The highest BCUT2D eigenvalue weighted by atomic mass is 16.5. The van der Waals surface area contributed by atoms with Crippen LogP contribution < -0.4 is 20.9 Å². The normalized spacial score (nSPS) is 11.2. The van der Waals surface area contributed by atoms with Gasteiger partial charge in [-0.15, -0.1) is 0 Å². The number of rotatable bonds is 6. The summed E-state index contributed by atoms with van der Waals surface area (Å²) in [5, 5.41) is 2.79. The topological polar surface area (TPSA) is 96.5 Å². The van der Waals surface area contributed by atoms with Gasteiger partial charge in [0.15, 0.2) is 6.10 Å². The number of ether oxygens (including phenoxy) is 1. The summed E-state index contributed by atoms with van der Waals surface area (Å²) in [6, 6.07) is 21.0. The van der Waals surface area contributed by atoms with E-state index in [0.29, 0.717) is 22.6 Å². The first-order chi connectivity index (χ1) is 15.3. The minimum Gasteiger partial charge on any atom is -0.481 e. The zero-order valence-corrected chi connectivity index (χ0v) is 18.1. The Bertz CT molecular complexity index is 1130. The van der Waals surface area contributed by atoms with Gasteiger partial charge < -0.3 is 10.1 Å². The molecule has 3 aromatic rings. The number of carbonyl (C=O) groups excluding carboxylic acids is 3. The largest absolute Gasteiger partial charge is 0.481 e. The average molecular weight is 431 g/mol. The van der Waals surface area contributed by atoms with E-state index in [9.17, 15) is 14.4 Å². The van der Waals surface area contributed by atoms with Crippen molar-refractivity contribution in [1.82, 2.24) is 10.9 Å². The molecule has 0 fully saturated rings. The van der Waals surface area contributed by atoms with Crippen molar-refractivity contribution in [2.45, 2.75) is 26.9 Å². The smallest absolute Gasteiger partial charge is 0.279 e. The highest BCUT2D eigenvalue weighted by Gasteiger charge is 2.16. The molecule has 3 aromatic carbocycles. The summed E-state index contributed by atoms with van der Waals surface area (Å²) in [5.41, 5.74) is 8.16. The fourth-order valence-corrected chi connectivity index (χ4v) is 2.93. The fourth-order valence-electron chi connectivity index (χ4n) is 2.93. The van der Waals surface area contributed by atoms with Crippen LogP contribution in [-0.4, -0.2) is 23.8 Å². The lowest BCUT2D eigenvalue weighted by Crippen LogP contribution is -2.47. The van der Waals surface area contributed by atoms with Gasteiger partial charge in [-0.1, -0.05) is 29.8 Å². The minimum atomic E-state index is -0.795. The van der Waals surface area contributed by atoms with Crippen LogP contribution in [0.4, 0.5) is 5.69 Å². The summed E-state index contributed by atoms with van der Waals surface area (Å²) >= 11 is 0. The molecule has 7 heteroatoms. The molecule has 3 N–H and O–H groups in total. The molecule has 3 rings (SSSR count). The standard InChI is InChI=1S/C25H25N3O4/c1-16-6-4-8-20(14-16)24(30)26-21-12-10-19(11-13-21)25(31)28-27-23(29)18(3)32-22-9-5-7-17(2)15-22/h4-15,18H,1-3H3,(H,26,30)(H,27,29)(H,28,31). The first kappa shape index (κ1) is 22.6. The number of hydrazine groups is 1. The van der Waals surface area contributed by atoms with Gasteiger partial charge in [0.2, 0.25) is 0 Å². The number of hydrogen-bond donors (Lipinski definition) is 3. The van der Waals surface area contributed by atoms with Gasteiger partial charge in [-0.25, -0.2) is 0 Å². The molecule has 7 nitrogen and oxygen atoms in total. The number of carbonyl (C=O) groups is 3. The van der Waals surface area contributed by atoms with Crippen LogP contribution in [0.2, 0.25) is 0 Å². The lowest BCUT2D eigenvalue weighted by Gasteiger charge is -2.15. The number of benzene rings is 3. The summed E-state index contributed by atoms with van der Waals surface area (Å²) in [6.45, 7) is 5.44. The van der Waals surface area contributed by atoms with Crippen LogP contribution in [0, 0.1) is 13.8 Å². The fraction of sp³-hybridized carbons (Fsp3) is 0.160. The Labute approximate surface area is 186 Å². The van der Waals surface area contributed by atoms with Crippen LogP contribution in [0.1, 0.15) is 38.8 Å². The van der Waals surface area contributed by atoms with Crippen molar-refractivity contribution in [3.63, 3.8) is 0 Å². The average Bonchev–Trinajstić information content (AvgIpc) is 2.77. The molecule has 0 radical (unpaired) electrons. The summed E-state index contributed by atoms with van der Waals surface area (Å²) in [4.78, 5) is 36.8. The third-order valence-electron chi connectivity index (χ3n) is 4.66. The van der Waals surface area contributed by atoms with E-state index in [0.717, 1.165) is 11.1 Å². The zero-order chi connectivity index (χ0) is 23.1. The molecule has 0 aliphatic heterocycles. The molecule has 164 valence electrons. The SMILES string of the molecule is Cc1cccc(OC(C)C(=O)NNC(=O)c2ccc(NC(=O)c3cccc(C)c3)cc2)c1. The molecule has 0 saturated heterocycles. The summed E-state index contributed by atoms with van der Waals surface area (Å²) in [7, 11) is 0. The predicted molar refractivity (Wildman–Crippen MR) is 122 cm³/mol. The zero-order valence-electron chi connectivity index (χ0n) is 18.1. The van der Waals surface area contributed by atoms with Gasteiger partial charge in [-0.05, 0) is 74.9 Å². The molecule has 0 saturated carbocycles. The quantitative estimate of drug-likeness (QED) is 0.518. The number of anilines is 1. The molecule has 3 amide bonds. The molecule has 0 aliphatic rings. The molecule has 0 heterocycles. The Morgan fingerprint density at radius 3 is 2.06 bits per heavy atom. The molecular weight excluding hydrogens is 406 g/mol. The van der Waals surface area contributed by atoms with Crippen LogP contribution in [0.3, 0.4) is 0 Å². The van der Waals surface area contributed by atoms with Crippen LogP contribution in [0.5, 0.6) is 5.75 Å². The third kappa shape index (κ3) is 6.18. The molecular formula is C25H25N3O4. The number of aryl methyl sites for hydroxylation is 2. The first-order valence-corrected chi connectivity index (χ1v) is 10.1. The van der Waals surface area contributed by atoms with Gasteiger partial charge >= 0.3 is 0 Å². The lowest BCUT2D eigenvalue weighted by molar-refractivity contribution is -0.128. The Morgan fingerprint density at radius 2 is 1.41 bits per heavy atom. The van der Waals surface area contributed by atoms with Crippen LogP contribution >= 0.6 is 0 Å². The third-order valence-corrected chi connectivity index (χ3v) is 4.66. The maximum absolute atomic E-state index is 12.3. The molecule has 0 spiro atoms. The monoisotopic (exact) mass is 431 g/mol. The van der Waals surface area contributed by atoms with E-state index in [4.69, 9.17) is 4.74 Å². The van der Waals surface area contributed by atoms with Crippen molar-refractivity contribution >= 4 is 23.4 Å². The Kier molecular flexibility index (Phi) is 7.23. The minimum absolute atomic E-state index is 0.235. The van der Waals surface area contributed by atoms with E-state index in [1.54, 1.807) is 49.4 Å². The van der Waals surface area contributed by atoms with E-state index in [1.165, 1.54) is 0 Å². The van der Waals surface area contributed by atoms with Gasteiger partial charge in [0.25, 0.3) is 17.7 Å². The van der Waals surface area contributed by atoms with E-state index >= 15 is 0 Å². The molecule has 1 unspecified atom stereocenters. The lowest BCUT2D eigenvalue weighted by atomic mass is 10.1. The van der Waals surface area contributed by atoms with E-state index in [1.807, 2.05) is 44.2 Å². The highest BCUT2D eigenvalue weighted by Crippen LogP contribution is 2.14. The van der Waals surface area contributed by atoms with E-state index in [-0.39, 0.29) is 5.91 Å². The van der Waals surface area contributed by atoms with Crippen molar-refractivity contribution in [3.05, 3.63) is 95.1 Å². The first-order valence-electron chi connectivity index (χ1n) is 10.1. The second-order valence-electron chi connectivity index (χ2n) is 7.42. The summed E-state index contributed by atoms with van der Waals surface area (Å²) in [6.07, 6.45) is -0.795. The van der Waals surface area contributed by atoms with Crippen molar-refractivity contribution in [3.8, 4) is 5.75 Å². The molecule has 0 bridgehead atoms. The summed E-state index contributed by atoms with van der Waals surface area (Å²) in [5.74, 6) is -0.636. The van der Waals surface area contributed by atoms with Crippen LogP contribution in [0.15, 0.2) is 72.8 Å². The highest BCUT2D eigenvalue weighted by molar-refractivity contribution is 6.04. The Balaban J connectivity index is 1.51. The molecule has 0 aromatic heterocycles. The van der Waals surface area contributed by atoms with Gasteiger partial charge in [0, 0.05) is 16.8 Å². The second-order valence-corrected chi connectivity index (χ2v) is 7.42. The number of nitrogens with one attached hydrogen (secondary N) is 3. The summed E-state index contributed by atoms with van der Waals surface area (Å²) < 4.78 is 5.59. The van der Waals surface area contributed by atoms with Gasteiger partial charge in [0.1, 0.15) is 5.75 Å². The van der Waals surface area contributed by atoms with Crippen LogP contribution in [-0.2, 0) is 4.79 Å². The van der Waals surface area contributed by atoms with Gasteiger partial charge in [0.05, 0.1) is 0 Å². The number of hydrogen-bond acceptors (Lipinski definition) is 4. The molecule has 1 atom stereocenters. The Morgan fingerprint density at radius 1 is 0.750 bits per heavy atom. The van der Waals surface area contributed by atoms with Crippen molar-refractivity contribution < 1.29 is 19.1 Å². The van der Waals surface area contributed by atoms with Crippen molar-refractivity contribution in [1.29, 1.82) is 0 Å². The van der Waals surface area contributed by atoms with Crippen LogP contribution in [0.25, 0.3) is 0 Å². The second kappa shape index (κ2) is 10.3. The maximum atomic E-state index is 12.3. The predicted octanol–water partition coefficient (Wildman–Crippen LogP) is 3.78. The maximum Gasteiger partial charge on any atom is 0.279 e. The van der Waals surface area contributed by atoms with Gasteiger partial charge in [-0.3, -0.25) is 25.2 Å². The van der Waals surface area contributed by atoms with E-state index < -0.39 is 17.9 Å². The molecule has 32 heavy (non-hydrogen) atoms. The molecule has 0 aliphatic carbocycles. The number of amides is 3. The van der Waals surface area contributed by atoms with E-state index in [2.05, 4.69) is 16.2 Å².